The second-order valence-corrected chi connectivity index (χ2v) is 6.48. The van der Waals surface area contributed by atoms with Crippen LogP contribution in [0.5, 0.6) is 5.75 Å². The Kier molecular flexibility index (Phi) is 5.86. The molecule has 2 N–H and O–H groups in total. The van der Waals surface area contributed by atoms with Gasteiger partial charge in [-0.05, 0) is 29.7 Å². The Labute approximate surface area is 160 Å². The first-order chi connectivity index (χ1) is 12.7. The summed E-state index contributed by atoms with van der Waals surface area (Å²) in [5.74, 6) is 0.447. The van der Waals surface area contributed by atoms with Gasteiger partial charge in [-0.25, -0.2) is 5.43 Å². The van der Waals surface area contributed by atoms with E-state index >= 15 is 0 Å². The summed E-state index contributed by atoms with van der Waals surface area (Å²) < 4.78 is 6.17. The highest BCUT2D eigenvalue weighted by Gasteiger charge is 2.04. The van der Waals surface area contributed by atoms with E-state index in [9.17, 15) is 4.79 Å². The number of nitrogens with one attached hydrogen (secondary N) is 2. The standard InChI is InChI=1S/C20H18BrN3O2/c1-26-19-10-9-16(21)11-15(19)12-23-24-20(25)13-22-18-8-4-6-14-5-2-3-7-17(14)18/h2-12,22H,13H2,1H3,(H,24,25)/b23-12-. The zero-order valence-electron chi connectivity index (χ0n) is 14.2. The van der Waals surface area contributed by atoms with Crippen molar-refractivity contribution in [2.45, 2.75) is 0 Å². The van der Waals surface area contributed by atoms with Crippen molar-refractivity contribution < 1.29 is 9.53 Å². The van der Waals surface area contributed by atoms with Crippen LogP contribution in [0.15, 0.2) is 70.2 Å². The number of anilines is 1. The number of hydrogen-bond acceptors (Lipinski definition) is 4. The van der Waals surface area contributed by atoms with Gasteiger partial charge in [0, 0.05) is 21.1 Å². The summed E-state index contributed by atoms with van der Waals surface area (Å²) in [6.45, 7) is 0.126. The summed E-state index contributed by atoms with van der Waals surface area (Å²) in [4.78, 5) is 12.0. The van der Waals surface area contributed by atoms with Crippen molar-refractivity contribution in [3.05, 3.63) is 70.7 Å². The molecule has 0 aliphatic heterocycles. The van der Waals surface area contributed by atoms with Gasteiger partial charge in [-0.3, -0.25) is 4.79 Å². The van der Waals surface area contributed by atoms with Crippen molar-refractivity contribution in [3.8, 4) is 5.75 Å². The molecule has 0 unspecified atom stereocenters. The lowest BCUT2D eigenvalue weighted by atomic mass is 10.1. The van der Waals surface area contributed by atoms with Crippen LogP contribution in [0.1, 0.15) is 5.56 Å². The van der Waals surface area contributed by atoms with Crippen LogP contribution in [-0.2, 0) is 4.79 Å². The normalized spacial score (nSPS) is 10.8. The van der Waals surface area contributed by atoms with Crippen molar-refractivity contribution in [3.63, 3.8) is 0 Å². The van der Waals surface area contributed by atoms with E-state index in [0.717, 1.165) is 26.5 Å². The Bertz CT molecular complexity index is 951. The first kappa shape index (κ1) is 17.9. The van der Waals surface area contributed by atoms with E-state index in [-0.39, 0.29) is 12.5 Å². The number of carbonyl (C=O) groups excluding carboxylic acids is 1. The van der Waals surface area contributed by atoms with E-state index in [2.05, 4.69) is 31.8 Å². The summed E-state index contributed by atoms with van der Waals surface area (Å²) in [6, 6.07) is 19.5. The monoisotopic (exact) mass is 411 g/mol. The van der Waals surface area contributed by atoms with E-state index < -0.39 is 0 Å². The minimum atomic E-state index is -0.233. The lowest BCUT2D eigenvalue weighted by molar-refractivity contribution is -0.119. The molecule has 0 aliphatic carbocycles. The molecule has 3 rings (SSSR count). The van der Waals surface area contributed by atoms with E-state index in [1.54, 1.807) is 13.3 Å². The molecular weight excluding hydrogens is 394 g/mol. The molecule has 1 amide bonds. The van der Waals surface area contributed by atoms with Crippen LogP contribution in [-0.4, -0.2) is 25.8 Å². The molecule has 3 aromatic carbocycles. The lowest BCUT2D eigenvalue weighted by Crippen LogP contribution is -2.25. The first-order valence-corrected chi connectivity index (χ1v) is 8.84. The molecule has 6 heteroatoms. The number of fused-ring (bicyclic) bond motifs is 1. The smallest absolute Gasteiger partial charge is 0.259 e. The van der Waals surface area contributed by atoms with Crippen molar-refractivity contribution in [1.29, 1.82) is 0 Å². The third-order valence-corrected chi connectivity index (χ3v) is 4.31. The zero-order valence-corrected chi connectivity index (χ0v) is 15.8. The quantitative estimate of drug-likeness (QED) is 0.472. The summed E-state index contributed by atoms with van der Waals surface area (Å²) in [6.07, 6.45) is 1.55. The molecule has 0 aliphatic rings. The third-order valence-electron chi connectivity index (χ3n) is 3.81. The van der Waals surface area contributed by atoms with Crippen LogP contribution >= 0.6 is 15.9 Å². The predicted octanol–water partition coefficient (Wildman–Crippen LogP) is 4.17. The van der Waals surface area contributed by atoms with Gasteiger partial charge in [-0.1, -0.05) is 52.3 Å². The topological polar surface area (TPSA) is 62.7 Å². The van der Waals surface area contributed by atoms with E-state index in [1.807, 2.05) is 60.7 Å². The molecule has 0 heterocycles. The zero-order chi connectivity index (χ0) is 18.4. The largest absolute Gasteiger partial charge is 0.496 e. The van der Waals surface area contributed by atoms with Gasteiger partial charge >= 0.3 is 0 Å². The molecule has 0 radical (unpaired) electrons. The van der Waals surface area contributed by atoms with Crippen LogP contribution in [0, 0.1) is 0 Å². The van der Waals surface area contributed by atoms with Gasteiger partial charge in [0.05, 0.1) is 19.9 Å². The van der Waals surface area contributed by atoms with E-state index in [4.69, 9.17) is 4.74 Å². The fourth-order valence-electron chi connectivity index (χ4n) is 2.57. The molecular formula is C20H18BrN3O2. The summed E-state index contributed by atoms with van der Waals surface area (Å²) in [7, 11) is 1.59. The fraction of sp³-hybridized carbons (Fsp3) is 0.100. The van der Waals surface area contributed by atoms with Crippen molar-refractivity contribution in [2.75, 3.05) is 19.0 Å². The van der Waals surface area contributed by atoms with Crippen LogP contribution in [0.3, 0.4) is 0 Å². The Morgan fingerprint density at radius 1 is 1.15 bits per heavy atom. The minimum absolute atomic E-state index is 0.126. The summed E-state index contributed by atoms with van der Waals surface area (Å²) in [5, 5.41) is 9.35. The minimum Gasteiger partial charge on any atom is -0.496 e. The first-order valence-electron chi connectivity index (χ1n) is 8.04. The second kappa shape index (κ2) is 8.49. The molecule has 0 spiro atoms. The Hall–Kier alpha value is -2.86. The van der Waals surface area contributed by atoms with Gasteiger partial charge in [0.1, 0.15) is 5.75 Å². The molecule has 5 nitrogen and oxygen atoms in total. The molecule has 0 bridgehead atoms. The lowest BCUT2D eigenvalue weighted by Gasteiger charge is -2.09. The average Bonchev–Trinajstić information content (AvgIpc) is 2.66. The maximum absolute atomic E-state index is 12.0. The van der Waals surface area contributed by atoms with Gasteiger partial charge in [-0.15, -0.1) is 0 Å². The number of methoxy groups -OCH3 is 1. The van der Waals surface area contributed by atoms with Gasteiger partial charge in [0.25, 0.3) is 5.91 Å². The highest BCUT2D eigenvalue weighted by molar-refractivity contribution is 9.10. The molecule has 0 aromatic heterocycles. The maximum atomic E-state index is 12.0. The van der Waals surface area contributed by atoms with Gasteiger partial charge in [-0.2, -0.15) is 5.10 Å². The van der Waals surface area contributed by atoms with E-state index in [1.165, 1.54) is 0 Å². The van der Waals surface area contributed by atoms with Crippen molar-refractivity contribution >= 4 is 44.5 Å². The molecule has 26 heavy (non-hydrogen) atoms. The number of hydrazone groups is 1. The highest BCUT2D eigenvalue weighted by atomic mass is 79.9. The second-order valence-electron chi connectivity index (χ2n) is 5.56. The van der Waals surface area contributed by atoms with Gasteiger partial charge in [0.15, 0.2) is 0 Å². The summed E-state index contributed by atoms with van der Waals surface area (Å²) in [5.41, 5.74) is 4.20. The average molecular weight is 412 g/mol. The number of nitrogens with zero attached hydrogens (tertiary/aromatic N) is 1. The number of benzene rings is 3. The fourth-order valence-corrected chi connectivity index (χ4v) is 2.95. The predicted molar refractivity (Wildman–Crippen MR) is 109 cm³/mol. The van der Waals surface area contributed by atoms with E-state index in [0.29, 0.717) is 5.75 Å². The summed E-state index contributed by atoms with van der Waals surface area (Å²) >= 11 is 3.40. The number of amides is 1. The number of carbonyl (C=O) groups is 1. The Morgan fingerprint density at radius 2 is 1.96 bits per heavy atom. The molecule has 0 saturated carbocycles. The molecule has 3 aromatic rings. The number of hydrogen-bond donors (Lipinski definition) is 2. The Morgan fingerprint density at radius 3 is 2.81 bits per heavy atom. The van der Waals surface area contributed by atoms with Crippen molar-refractivity contribution in [1.82, 2.24) is 5.43 Å². The number of ether oxygens (including phenoxy) is 1. The highest BCUT2D eigenvalue weighted by Crippen LogP contribution is 2.23. The van der Waals surface area contributed by atoms with Crippen LogP contribution < -0.4 is 15.5 Å². The van der Waals surface area contributed by atoms with Crippen molar-refractivity contribution in [2.24, 2.45) is 5.10 Å². The molecule has 132 valence electrons. The maximum Gasteiger partial charge on any atom is 0.259 e. The number of rotatable bonds is 6. The van der Waals surface area contributed by atoms with Gasteiger partial charge < -0.3 is 10.1 Å². The van der Waals surface area contributed by atoms with Crippen LogP contribution in [0.4, 0.5) is 5.69 Å². The van der Waals surface area contributed by atoms with Gasteiger partial charge in [0.2, 0.25) is 0 Å². The SMILES string of the molecule is COc1ccc(Br)cc1/C=N\NC(=O)CNc1cccc2ccccc12. The van der Waals surface area contributed by atoms with Crippen LogP contribution in [0.25, 0.3) is 10.8 Å². The molecule has 0 fully saturated rings. The molecule has 0 atom stereocenters. The van der Waals surface area contributed by atoms with Crippen LogP contribution in [0.2, 0.25) is 0 Å². The number of halogens is 1. The third kappa shape index (κ3) is 4.40. The molecule has 0 saturated heterocycles. The Balaban J connectivity index is 1.60.